The van der Waals surface area contributed by atoms with Gasteiger partial charge in [0.1, 0.15) is 45.5 Å². The molecule has 0 radical (unpaired) electrons. The van der Waals surface area contributed by atoms with Crippen LogP contribution in [0, 0.1) is 0 Å². The van der Waals surface area contributed by atoms with Gasteiger partial charge in [-0.25, -0.2) is 14.3 Å². The van der Waals surface area contributed by atoms with Gasteiger partial charge in [-0.2, -0.15) is 18.3 Å². The SMILES string of the molecule is COC1[C@@H](n2cc(-c3ncc(Cl)s3)nn2)[C@@H](O)C(CO)O[C@H]1c1ccnn1-c1cc(Cl)ccc1C(F)(F)F. The molecule has 1 aliphatic rings. The van der Waals surface area contributed by atoms with Gasteiger partial charge < -0.3 is 19.7 Å². The molecule has 2 N–H and O–H groups in total. The third kappa shape index (κ3) is 4.93. The summed E-state index contributed by atoms with van der Waals surface area (Å²) in [6.45, 7) is -0.590. The minimum Gasteiger partial charge on any atom is -0.394 e. The van der Waals surface area contributed by atoms with Crippen molar-refractivity contribution in [3.8, 4) is 16.4 Å². The highest BCUT2D eigenvalue weighted by atomic mass is 35.5. The molecule has 1 aromatic carbocycles. The highest BCUT2D eigenvalue weighted by Crippen LogP contribution is 2.42. The summed E-state index contributed by atoms with van der Waals surface area (Å²) in [6, 6.07) is 3.65. The van der Waals surface area contributed by atoms with Gasteiger partial charge in [0.2, 0.25) is 0 Å². The van der Waals surface area contributed by atoms with Crippen molar-refractivity contribution in [2.24, 2.45) is 0 Å². The molecule has 16 heteroatoms. The quantitative estimate of drug-likeness (QED) is 0.346. The van der Waals surface area contributed by atoms with Gasteiger partial charge in [0.05, 0.1) is 35.9 Å². The molecule has 5 atom stereocenters. The Balaban J connectivity index is 1.58. The Morgan fingerprint density at radius 2 is 2.03 bits per heavy atom. The van der Waals surface area contributed by atoms with Crippen LogP contribution >= 0.6 is 34.5 Å². The first kappa shape index (κ1) is 27.0. The molecule has 38 heavy (non-hydrogen) atoms. The first-order chi connectivity index (χ1) is 18.1. The van der Waals surface area contributed by atoms with Crippen LogP contribution in [0.2, 0.25) is 9.36 Å². The van der Waals surface area contributed by atoms with Crippen LogP contribution < -0.4 is 0 Å². The van der Waals surface area contributed by atoms with Crippen molar-refractivity contribution in [1.82, 2.24) is 29.8 Å². The van der Waals surface area contributed by atoms with E-state index in [9.17, 15) is 23.4 Å². The highest BCUT2D eigenvalue weighted by molar-refractivity contribution is 7.18. The van der Waals surface area contributed by atoms with Gasteiger partial charge in [0, 0.05) is 18.3 Å². The van der Waals surface area contributed by atoms with Gasteiger partial charge in [-0.1, -0.05) is 28.4 Å². The molecule has 0 aliphatic carbocycles. The molecule has 3 aromatic heterocycles. The van der Waals surface area contributed by atoms with Gasteiger partial charge in [-0.05, 0) is 24.3 Å². The standard InChI is InChI=1S/C22H19Cl2F3N6O4S/c1-36-20-17(32-8-12(30-31-32)21-28-7-16(24)38-21)18(35)15(9-34)37-19(20)13-4-5-29-33(13)14-6-10(23)2-3-11(14)22(25,26)27/h2-8,15,17-20,34-35H,9H2,1H3/t15?,17-,18-,19-,20?/m0/s1. The van der Waals surface area contributed by atoms with Crippen molar-refractivity contribution >= 4 is 34.5 Å². The lowest BCUT2D eigenvalue weighted by Crippen LogP contribution is -2.53. The minimum atomic E-state index is -4.69. The number of methoxy groups -OCH3 is 1. The number of aromatic nitrogens is 6. The van der Waals surface area contributed by atoms with Gasteiger partial charge >= 0.3 is 6.18 Å². The average molecular weight is 591 g/mol. The lowest BCUT2D eigenvalue weighted by molar-refractivity contribution is -0.216. The summed E-state index contributed by atoms with van der Waals surface area (Å²) >= 11 is 13.2. The summed E-state index contributed by atoms with van der Waals surface area (Å²) in [5.74, 6) is 0. The second kappa shape index (κ2) is 10.5. The van der Waals surface area contributed by atoms with Crippen LogP contribution in [-0.2, 0) is 15.7 Å². The fourth-order valence-electron chi connectivity index (χ4n) is 4.44. The van der Waals surface area contributed by atoms with Crippen molar-refractivity contribution < 1.29 is 32.9 Å². The van der Waals surface area contributed by atoms with E-state index in [0.717, 1.165) is 22.9 Å². The predicted octanol–water partition coefficient (Wildman–Crippen LogP) is 3.96. The molecule has 1 aliphatic heterocycles. The summed E-state index contributed by atoms with van der Waals surface area (Å²) in [5.41, 5.74) is -0.733. The van der Waals surface area contributed by atoms with E-state index in [1.165, 1.54) is 47.8 Å². The Hall–Kier alpha value is -2.59. The van der Waals surface area contributed by atoms with Gasteiger partial charge in [0.25, 0.3) is 0 Å². The molecular weight excluding hydrogens is 572 g/mol. The van der Waals surface area contributed by atoms with Crippen LogP contribution in [0.5, 0.6) is 0 Å². The van der Waals surface area contributed by atoms with E-state index in [2.05, 4.69) is 20.4 Å². The Labute approximate surface area is 227 Å². The predicted molar refractivity (Wildman–Crippen MR) is 130 cm³/mol. The molecule has 0 amide bonds. The third-order valence-corrected chi connectivity index (χ3v) is 7.48. The monoisotopic (exact) mass is 590 g/mol. The van der Waals surface area contributed by atoms with Crippen molar-refractivity contribution in [2.45, 2.75) is 36.6 Å². The topological polar surface area (TPSA) is 120 Å². The van der Waals surface area contributed by atoms with Crippen LogP contribution in [-0.4, -0.2) is 72.0 Å². The van der Waals surface area contributed by atoms with E-state index in [-0.39, 0.29) is 16.4 Å². The normalized spacial score (nSPS) is 24.2. The second-order valence-electron chi connectivity index (χ2n) is 8.34. The van der Waals surface area contributed by atoms with Gasteiger partial charge in [0.15, 0.2) is 0 Å². The molecule has 10 nitrogen and oxygen atoms in total. The molecule has 2 unspecified atom stereocenters. The third-order valence-electron chi connectivity index (χ3n) is 6.11. The van der Waals surface area contributed by atoms with Crippen molar-refractivity contribution in [2.75, 3.05) is 13.7 Å². The number of rotatable bonds is 6. The van der Waals surface area contributed by atoms with Crippen LogP contribution in [0.1, 0.15) is 23.4 Å². The maximum atomic E-state index is 13.8. The molecular formula is C22H19Cl2F3N6O4S. The molecule has 4 aromatic rings. The molecule has 4 heterocycles. The molecule has 0 saturated carbocycles. The lowest BCUT2D eigenvalue weighted by Gasteiger charge is -2.43. The summed E-state index contributed by atoms with van der Waals surface area (Å²) in [5, 5.41) is 33.9. The highest BCUT2D eigenvalue weighted by Gasteiger charge is 2.49. The lowest BCUT2D eigenvalue weighted by atomic mass is 9.90. The van der Waals surface area contributed by atoms with E-state index in [1.54, 1.807) is 0 Å². The number of ether oxygens (including phenoxy) is 2. The zero-order valence-corrected chi connectivity index (χ0v) is 21.7. The van der Waals surface area contributed by atoms with Crippen molar-refractivity contribution in [3.05, 3.63) is 63.5 Å². The van der Waals surface area contributed by atoms with Gasteiger partial charge in [-0.3, -0.25) is 0 Å². The number of hydrogen-bond donors (Lipinski definition) is 2. The first-order valence-electron chi connectivity index (χ1n) is 11.0. The van der Waals surface area contributed by atoms with Crippen molar-refractivity contribution in [3.63, 3.8) is 0 Å². The zero-order valence-electron chi connectivity index (χ0n) is 19.3. The van der Waals surface area contributed by atoms with Crippen LogP contribution in [0.4, 0.5) is 13.2 Å². The summed E-state index contributed by atoms with van der Waals surface area (Å²) in [6.07, 6.45) is -4.93. The molecule has 0 bridgehead atoms. The maximum Gasteiger partial charge on any atom is 0.418 e. The Morgan fingerprint density at radius 1 is 1.24 bits per heavy atom. The Kier molecular flexibility index (Phi) is 7.48. The van der Waals surface area contributed by atoms with Crippen LogP contribution in [0.15, 0.2) is 42.9 Å². The second-order valence-corrected chi connectivity index (χ2v) is 10.4. The number of aliphatic hydroxyl groups excluding tert-OH is 2. The van der Waals surface area contributed by atoms with E-state index < -0.39 is 48.8 Å². The number of alkyl halides is 3. The van der Waals surface area contributed by atoms with E-state index in [4.69, 9.17) is 32.7 Å². The van der Waals surface area contributed by atoms with E-state index in [1.807, 2.05) is 0 Å². The number of benzene rings is 1. The van der Waals surface area contributed by atoms with Crippen molar-refractivity contribution in [1.29, 1.82) is 0 Å². The molecule has 1 fully saturated rings. The first-order valence-corrected chi connectivity index (χ1v) is 12.6. The minimum absolute atomic E-state index is 0.0706. The Bertz CT molecular complexity index is 1430. The molecule has 1 saturated heterocycles. The largest absolute Gasteiger partial charge is 0.418 e. The maximum absolute atomic E-state index is 13.8. The molecule has 0 spiro atoms. The average Bonchev–Trinajstić information content (AvgIpc) is 3.63. The number of nitrogens with zero attached hydrogens (tertiary/aromatic N) is 6. The summed E-state index contributed by atoms with van der Waals surface area (Å²) in [4.78, 5) is 4.17. The molecule has 202 valence electrons. The Morgan fingerprint density at radius 3 is 2.68 bits per heavy atom. The van der Waals surface area contributed by atoms with Gasteiger partial charge in [-0.15, -0.1) is 16.4 Å². The van der Waals surface area contributed by atoms with E-state index >= 15 is 0 Å². The summed E-state index contributed by atoms with van der Waals surface area (Å²) < 4.78 is 56.1. The number of hydrogen-bond acceptors (Lipinski definition) is 9. The van der Waals surface area contributed by atoms with Crippen LogP contribution in [0.25, 0.3) is 16.4 Å². The summed E-state index contributed by atoms with van der Waals surface area (Å²) in [7, 11) is 1.36. The van der Waals surface area contributed by atoms with Crippen LogP contribution in [0.3, 0.4) is 0 Å². The number of thiazole rings is 1. The van der Waals surface area contributed by atoms with E-state index in [0.29, 0.717) is 15.0 Å². The number of aliphatic hydroxyl groups is 2. The molecule has 5 rings (SSSR count). The smallest absolute Gasteiger partial charge is 0.394 e. The number of halogens is 5. The fraction of sp³-hybridized carbons (Fsp3) is 0.364. The zero-order chi connectivity index (χ0) is 27.2. The fourth-order valence-corrected chi connectivity index (χ4v) is 5.47.